The molecule has 2 heterocycles. The Morgan fingerprint density at radius 2 is 2.22 bits per heavy atom. The molecule has 1 N–H and O–H groups in total. The van der Waals surface area contributed by atoms with Crippen LogP contribution in [0.15, 0.2) is 11.7 Å². The molecular formula is C13H18ClN3S. The fourth-order valence-corrected chi connectivity index (χ4v) is 3.09. The maximum absolute atomic E-state index is 6.18. The average Bonchev–Trinajstić information content (AvgIpc) is 2.73. The first-order valence-corrected chi connectivity index (χ1v) is 7.62. The summed E-state index contributed by atoms with van der Waals surface area (Å²) >= 11 is 7.73. The number of thiophene rings is 1. The zero-order chi connectivity index (χ0) is 13.0. The van der Waals surface area contributed by atoms with Crippen LogP contribution in [0.5, 0.6) is 0 Å². The zero-order valence-electron chi connectivity index (χ0n) is 10.7. The monoisotopic (exact) mass is 283 g/mol. The molecule has 18 heavy (non-hydrogen) atoms. The highest BCUT2D eigenvalue weighted by atomic mass is 35.5. The van der Waals surface area contributed by atoms with E-state index in [0.29, 0.717) is 6.04 Å². The Kier molecular flexibility index (Phi) is 4.78. The van der Waals surface area contributed by atoms with Gasteiger partial charge in [0.25, 0.3) is 0 Å². The maximum Gasteiger partial charge on any atom is 0.139 e. The van der Waals surface area contributed by atoms with Crippen molar-refractivity contribution < 1.29 is 0 Å². The second-order valence-corrected chi connectivity index (χ2v) is 5.79. The summed E-state index contributed by atoms with van der Waals surface area (Å²) in [6.45, 7) is 4.40. The first kappa shape index (κ1) is 13.6. The molecule has 0 bridgehead atoms. The lowest BCUT2D eigenvalue weighted by atomic mass is 10.1. The van der Waals surface area contributed by atoms with E-state index in [1.807, 2.05) is 5.38 Å². The topological polar surface area (TPSA) is 37.8 Å². The van der Waals surface area contributed by atoms with Gasteiger partial charge in [0.15, 0.2) is 0 Å². The molecule has 0 aliphatic heterocycles. The number of halogens is 1. The van der Waals surface area contributed by atoms with Crippen molar-refractivity contribution in [2.75, 3.05) is 5.32 Å². The summed E-state index contributed by atoms with van der Waals surface area (Å²) in [6.07, 6.45) is 6.53. The number of rotatable bonds is 6. The Hall–Kier alpha value is -0.870. The highest BCUT2D eigenvalue weighted by Crippen LogP contribution is 2.33. The number of unbranched alkanes of at least 4 members (excludes halogenated alkanes) is 2. The molecule has 0 fully saturated rings. The lowest BCUT2D eigenvalue weighted by Crippen LogP contribution is -2.16. The summed E-state index contributed by atoms with van der Waals surface area (Å²) < 4.78 is 0. The van der Waals surface area contributed by atoms with Crippen LogP contribution >= 0.6 is 22.9 Å². The van der Waals surface area contributed by atoms with E-state index in [0.717, 1.165) is 27.5 Å². The standard InChI is InChI=1S/C13H18ClN3S/c1-3-4-5-6-9(2)17-12-11-10(14)7-18-13(11)16-8-15-12/h7-9H,3-6H2,1-2H3,(H,15,16,17). The van der Waals surface area contributed by atoms with Crippen molar-refractivity contribution in [1.29, 1.82) is 0 Å². The van der Waals surface area contributed by atoms with Gasteiger partial charge in [-0.05, 0) is 13.3 Å². The molecule has 1 atom stereocenters. The van der Waals surface area contributed by atoms with Gasteiger partial charge >= 0.3 is 0 Å². The molecule has 0 aliphatic carbocycles. The molecule has 0 spiro atoms. The highest BCUT2D eigenvalue weighted by molar-refractivity contribution is 7.17. The number of nitrogens with zero attached hydrogens (tertiary/aromatic N) is 2. The van der Waals surface area contributed by atoms with E-state index in [1.54, 1.807) is 17.7 Å². The van der Waals surface area contributed by atoms with Crippen LogP contribution in [-0.4, -0.2) is 16.0 Å². The van der Waals surface area contributed by atoms with Crippen LogP contribution in [0.3, 0.4) is 0 Å². The van der Waals surface area contributed by atoms with Gasteiger partial charge in [-0.25, -0.2) is 9.97 Å². The third-order valence-corrected chi connectivity index (χ3v) is 4.26. The normalized spacial score (nSPS) is 12.8. The first-order valence-electron chi connectivity index (χ1n) is 6.36. The summed E-state index contributed by atoms with van der Waals surface area (Å²) in [7, 11) is 0. The van der Waals surface area contributed by atoms with Crippen LogP contribution in [0.1, 0.15) is 39.5 Å². The molecule has 0 saturated carbocycles. The maximum atomic E-state index is 6.18. The minimum absolute atomic E-state index is 0.408. The summed E-state index contributed by atoms with van der Waals surface area (Å²) in [5.41, 5.74) is 0. The third kappa shape index (κ3) is 3.12. The summed E-state index contributed by atoms with van der Waals surface area (Å²) in [6, 6.07) is 0.408. The Bertz CT molecular complexity index is 512. The Labute approximate surface area is 117 Å². The van der Waals surface area contributed by atoms with Crippen molar-refractivity contribution in [3.8, 4) is 0 Å². The van der Waals surface area contributed by atoms with E-state index in [9.17, 15) is 0 Å². The molecule has 98 valence electrons. The molecule has 0 aliphatic rings. The minimum Gasteiger partial charge on any atom is -0.367 e. The fourth-order valence-electron chi connectivity index (χ4n) is 1.96. The van der Waals surface area contributed by atoms with Gasteiger partial charge in [-0.2, -0.15) is 0 Å². The lowest BCUT2D eigenvalue weighted by Gasteiger charge is -2.14. The van der Waals surface area contributed by atoms with Crippen LogP contribution in [0.4, 0.5) is 5.82 Å². The number of hydrogen-bond donors (Lipinski definition) is 1. The van der Waals surface area contributed by atoms with Crippen molar-refractivity contribution >= 4 is 39.0 Å². The van der Waals surface area contributed by atoms with Gasteiger partial charge in [-0.15, -0.1) is 11.3 Å². The largest absolute Gasteiger partial charge is 0.367 e. The van der Waals surface area contributed by atoms with Crippen LogP contribution in [-0.2, 0) is 0 Å². The number of anilines is 1. The molecule has 0 amide bonds. The second kappa shape index (κ2) is 6.34. The van der Waals surface area contributed by atoms with Crippen LogP contribution in [0.2, 0.25) is 5.02 Å². The van der Waals surface area contributed by atoms with Crippen molar-refractivity contribution in [1.82, 2.24) is 9.97 Å². The van der Waals surface area contributed by atoms with Crippen molar-refractivity contribution in [2.24, 2.45) is 0 Å². The lowest BCUT2D eigenvalue weighted by molar-refractivity contribution is 0.614. The predicted molar refractivity (Wildman–Crippen MR) is 79.7 cm³/mol. The van der Waals surface area contributed by atoms with Gasteiger partial charge in [0.2, 0.25) is 0 Å². The average molecular weight is 284 g/mol. The number of hydrogen-bond acceptors (Lipinski definition) is 4. The Morgan fingerprint density at radius 3 is 3.00 bits per heavy atom. The van der Waals surface area contributed by atoms with Gasteiger partial charge in [0.05, 0.1) is 10.4 Å². The first-order chi connectivity index (χ1) is 8.72. The summed E-state index contributed by atoms with van der Waals surface area (Å²) in [5.74, 6) is 0.857. The summed E-state index contributed by atoms with van der Waals surface area (Å²) in [4.78, 5) is 9.48. The van der Waals surface area contributed by atoms with Crippen molar-refractivity contribution in [2.45, 2.75) is 45.6 Å². The Morgan fingerprint density at radius 1 is 1.39 bits per heavy atom. The van der Waals surface area contributed by atoms with E-state index >= 15 is 0 Å². The van der Waals surface area contributed by atoms with Gasteiger partial charge in [-0.3, -0.25) is 0 Å². The van der Waals surface area contributed by atoms with Crippen molar-refractivity contribution in [3.63, 3.8) is 0 Å². The molecule has 0 radical (unpaired) electrons. The highest BCUT2D eigenvalue weighted by Gasteiger charge is 2.11. The molecule has 2 rings (SSSR count). The molecule has 2 aromatic rings. The predicted octanol–water partition coefficient (Wildman–Crippen LogP) is 4.73. The summed E-state index contributed by atoms with van der Waals surface area (Å²) in [5, 5.41) is 7.04. The van der Waals surface area contributed by atoms with Gasteiger partial charge in [0, 0.05) is 11.4 Å². The van der Waals surface area contributed by atoms with E-state index < -0.39 is 0 Å². The van der Waals surface area contributed by atoms with E-state index in [4.69, 9.17) is 11.6 Å². The second-order valence-electron chi connectivity index (χ2n) is 4.53. The molecule has 0 saturated heterocycles. The van der Waals surface area contributed by atoms with Gasteiger partial charge < -0.3 is 5.32 Å². The Balaban J connectivity index is 2.09. The van der Waals surface area contributed by atoms with Crippen LogP contribution < -0.4 is 5.32 Å². The quantitative estimate of drug-likeness (QED) is 0.779. The van der Waals surface area contributed by atoms with E-state index in [1.165, 1.54) is 19.3 Å². The zero-order valence-corrected chi connectivity index (χ0v) is 12.3. The fraction of sp³-hybridized carbons (Fsp3) is 0.538. The SMILES string of the molecule is CCCCCC(C)Nc1ncnc2scc(Cl)c12. The van der Waals surface area contributed by atoms with Crippen LogP contribution in [0, 0.1) is 0 Å². The third-order valence-electron chi connectivity index (χ3n) is 2.95. The van der Waals surface area contributed by atoms with Crippen LogP contribution in [0.25, 0.3) is 10.2 Å². The molecule has 2 aromatic heterocycles. The molecule has 0 aromatic carbocycles. The van der Waals surface area contributed by atoms with Crippen molar-refractivity contribution in [3.05, 3.63) is 16.7 Å². The molecular weight excluding hydrogens is 266 g/mol. The smallest absolute Gasteiger partial charge is 0.139 e. The number of aromatic nitrogens is 2. The van der Waals surface area contributed by atoms with E-state index in [2.05, 4.69) is 29.1 Å². The van der Waals surface area contributed by atoms with Gasteiger partial charge in [0.1, 0.15) is 17.0 Å². The molecule has 1 unspecified atom stereocenters. The number of nitrogens with one attached hydrogen (secondary N) is 1. The van der Waals surface area contributed by atoms with Gasteiger partial charge in [-0.1, -0.05) is 37.8 Å². The minimum atomic E-state index is 0.408. The molecule has 5 heteroatoms. The van der Waals surface area contributed by atoms with E-state index in [-0.39, 0.29) is 0 Å². The molecule has 3 nitrogen and oxygen atoms in total. The number of fused-ring (bicyclic) bond motifs is 1.